The lowest BCUT2D eigenvalue weighted by Gasteiger charge is -2.24. The molecule has 1 rings (SSSR count). The third-order valence-electron chi connectivity index (χ3n) is 6.58. The summed E-state index contributed by atoms with van der Waals surface area (Å²) in [4.78, 5) is 0. The summed E-state index contributed by atoms with van der Waals surface area (Å²) in [5.41, 5.74) is 6.26. The van der Waals surface area contributed by atoms with Gasteiger partial charge < -0.3 is 15.3 Å². The second kappa shape index (κ2) is 12.9. The second-order valence-corrected chi connectivity index (χ2v) is 10.0. The molecule has 0 saturated carbocycles. The van der Waals surface area contributed by atoms with Crippen molar-refractivity contribution in [3.05, 3.63) is 57.2 Å². The van der Waals surface area contributed by atoms with Crippen LogP contribution in [0.5, 0.6) is 11.5 Å². The first-order valence-electron chi connectivity index (χ1n) is 12.0. The van der Waals surface area contributed by atoms with Gasteiger partial charge in [-0.05, 0) is 123 Å². The standard InChI is InChI=1S/C29H46O3/c1-20(2)12-9-13-21(3)14-10-15-22(4)16-11-18-29(8,32)19-17-26-25(7)27(30)23(5)24(6)28(26)31/h12,14,16,30-32H,9-11,13,15,17-19H2,1-8H3/b21-14+,22-16+. The summed E-state index contributed by atoms with van der Waals surface area (Å²) in [5.74, 6) is 0.489. The SMILES string of the molecule is CC(C)=CCC/C(C)=C/CC/C(C)=C/CCC(C)(O)CCc1c(C)c(O)c(C)c(C)c1O. The Labute approximate surface area is 196 Å². The molecule has 0 aromatic heterocycles. The molecule has 3 N–H and O–H groups in total. The molecule has 0 saturated heterocycles. The highest BCUT2D eigenvalue weighted by atomic mass is 16.3. The van der Waals surface area contributed by atoms with Crippen LogP contribution in [0.1, 0.15) is 102 Å². The molecule has 0 spiro atoms. The van der Waals surface area contributed by atoms with Gasteiger partial charge in [0.1, 0.15) is 11.5 Å². The largest absolute Gasteiger partial charge is 0.507 e. The predicted molar refractivity (Wildman–Crippen MR) is 138 cm³/mol. The number of phenolic OH excluding ortho intramolecular Hbond substituents is 2. The molecule has 180 valence electrons. The molecule has 1 atom stereocenters. The Morgan fingerprint density at radius 3 is 1.78 bits per heavy atom. The van der Waals surface area contributed by atoms with Crippen molar-refractivity contribution in [2.24, 2.45) is 0 Å². The van der Waals surface area contributed by atoms with Gasteiger partial charge in [0.25, 0.3) is 0 Å². The summed E-state index contributed by atoms with van der Waals surface area (Å²) in [5, 5.41) is 31.7. The summed E-state index contributed by atoms with van der Waals surface area (Å²) < 4.78 is 0. The molecular weight excluding hydrogens is 396 g/mol. The van der Waals surface area contributed by atoms with Gasteiger partial charge in [-0.25, -0.2) is 0 Å². The maximum Gasteiger partial charge on any atom is 0.122 e. The van der Waals surface area contributed by atoms with Crippen LogP contribution in [0.3, 0.4) is 0 Å². The molecule has 0 bridgehead atoms. The summed E-state index contributed by atoms with van der Waals surface area (Å²) in [6, 6.07) is 0. The van der Waals surface area contributed by atoms with E-state index in [1.807, 2.05) is 27.7 Å². The highest BCUT2D eigenvalue weighted by Crippen LogP contribution is 2.37. The zero-order chi connectivity index (χ0) is 24.5. The van der Waals surface area contributed by atoms with Crippen molar-refractivity contribution in [1.82, 2.24) is 0 Å². The van der Waals surface area contributed by atoms with E-state index < -0.39 is 5.60 Å². The van der Waals surface area contributed by atoms with E-state index in [1.165, 1.54) is 16.7 Å². The predicted octanol–water partition coefficient (Wildman–Crippen LogP) is 7.91. The summed E-state index contributed by atoms with van der Waals surface area (Å²) in [6.45, 7) is 16.0. The molecule has 1 aromatic rings. The van der Waals surface area contributed by atoms with Crippen molar-refractivity contribution in [2.75, 3.05) is 0 Å². The highest BCUT2D eigenvalue weighted by Gasteiger charge is 2.23. The Morgan fingerprint density at radius 1 is 0.719 bits per heavy atom. The van der Waals surface area contributed by atoms with Gasteiger partial charge in [0.05, 0.1) is 5.60 Å². The van der Waals surface area contributed by atoms with Gasteiger partial charge in [-0.15, -0.1) is 0 Å². The first-order chi connectivity index (χ1) is 14.9. The second-order valence-electron chi connectivity index (χ2n) is 10.0. The zero-order valence-corrected chi connectivity index (χ0v) is 21.7. The van der Waals surface area contributed by atoms with Crippen LogP contribution in [0.2, 0.25) is 0 Å². The van der Waals surface area contributed by atoms with E-state index in [-0.39, 0.29) is 11.5 Å². The summed E-state index contributed by atoms with van der Waals surface area (Å²) in [7, 11) is 0. The third kappa shape index (κ3) is 9.24. The molecule has 0 heterocycles. The fraction of sp³-hybridized carbons (Fsp3) is 0.586. The number of rotatable bonds is 12. The molecular formula is C29H46O3. The quantitative estimate of drug-likeness (QED) is 0.228. The van der Waals surface area contributed by atoms with Crippen LogP contribution in [-0.2, 0) is 6.42 Å². The fourth-order valence-corrected chi connectivity index (χ4v) is 3.98. The Balaban J connectivity index is 2.53. The molecule has 0 aliphatic rings. The van der Waals surface area contributed by atoms with Crippen molar-refractivity contribution in [2.45, 2.75) is 112 Å². The van der Waals surface area contributed by atoms with Gasteiger partial charge in [-0.1, -0.05) is 34.9 Å². The maximum atomic E-state index is 10.8. The van der Waals surface area contributed by atoms with E-state index in [0.717, 1.165) is 37.7 Å². The Morgan fingerprint density at radius 2 is 1.22 bits per heavy atom. The van der Waals surface area contributed by atoms with Crippen molar-refractivity contribution < 1.29 is 15.3 Å². The van der Waals surface area contributed by atoms with Crippen molar-refractivity contribution in [3.8, 4) is 11.5 Å². The monoisotopic (exact) mass is 442 g/mol. The lowest BCUT2D eigenvalue weighted by molar-refractivity contribution is 0.0431. The maximum absolute atomic E-state index is 10.8. The fourth-order valence-electron chi connectivity index (χ4n) is 3.98. The van der Waals surface area contributed by atoms with Gasteiger partial charge in [0.2, 0.25) is 0 Å². The summed E-state index contributed by atoms with van der Waals surface area (Å²) in [6.07, 6.45) is 13.8. The Bertz CT molecular complexity index is 821. The number of phenols is 2. The topological polar surface area (TPSA) is 60.7 Å². The molecule has 1 aromatic carbocycles. The minimum atomic E-state index is -0.814. The zero-order valence-electron chi connectivity index (χ0n) is 21.7. The minimum absolute atomic E-state index is 0.244. The van der Waals surface area contributed by atoms with Crippen LogP contribution in [0.25, 0.3) is 0 Å². The number of aliphatic hydroxyl groups is 1. The molecule has 32 heavy (non-hydrogen) atoms. The van der Waals surface area contributed by atoms with Crippen LogP contribution < -0.4 is 0 Å². The van der Waals surface area contributed by atoms with Crippen molar-refractivity contribution >= 4 is 0 Å². The smallest absolute Gasteiger partial charge is 0.122 e. The van der Waals surface area contributed by atoms with Crippen molar-refractivity contribution in [3.63, 3.8) is 0 Å². The van der Waals surface area contributed by atoms with Crippen LogP contribution in [-0.4, -0.2) is 20.9 Å². The van der Waals surface area contributed by atoms with Gasteiger partial charge in [-0.2, -0.15) is 0 Å². The van der Waals surface area contributed by atoms with Crippen LogP contribution in [0.15, 0.2) is 34.9 Å². The average molecular weight is 443 g/mol. The summed E-state index contributed by atoms with van der Waals surface area (Å²) >= 11 is 0. The molecule has 0 aliphatic carbocycles. The Hall–Kier alpha value is -2.00. The van der Waals surface area contributed by atoms with Gasteiger partial charge >= 0.3 is 0 Å². The van der Waals surface area contributed by atoms with E-state index in [9.17, 15) is 15.3 Å². The molecule has 0 radical (unpaired) electrons. The molecule has 1 unspecified atom stereocenters. The Kier molecular flexibility index (Phi) is 11.3. The number of hydrogen-bond acceptors (Lipinski definition) is 3. The van der Waals surface area contributed by atoms with Crippen molar-refractivity contribution in [1.29, 1.82) is 0 Å². The van der Waals surface area contributed by atoms with Gasteiger partial charge in [-0.3, -0.25) is 0 Å². The molecule has 3 nitrogen and oxygen atoms in total. The third-order valence-corrected chi connectivity index (χ3v) is 6.58. The average Bonchev–Trinajstić information content (AvgIpc) is 2.70. The van der Waals surface area contributed by atoms with Crippen LogP contribution >= 0.6 is 0 Å². The van der Waals surface area contributed by atoms with E-state index in [0.29, 0.717) is 36.0 Å². The minimum Gasteiger partial charge on any atom is -0.507 e. The molecule has 0 amide bonds. The number of benzene rings is 1. The molecule has 0 aliphatic heterocycles. The van der Waals surface area contributed by atoms with Gasteiger partial charge in [0, 0.05) is 5.56 Å². The lowest BCUT2D eigenvalue weighted by atomic mass is 9.88. The van der Waals surface area contributed by atoms with Crippen LogP contribution in [0.4, 0.5) is 0 Å². The van der Waals surface area contributed by atoms with E-state index in [2.05, 4.69) is 45.9 Å². The van der Waals surface area contributed by atoms with E-state index in [1.54, 1.807) is 0 Å². The lowest BCUT2D eigenvalue weighted by Crippen LogP contribution is -2.24. The van der Waals surface area contributed by atoms with E-state index in [4.69, 9.17) is 0 Å². The first kappa shape index (κ1) is 28.0. The van der Waals surface area contributed by atoms with Gasteiger partial charge in [0.15, 0.2) is 0 Å². The highest BCUT2D eigenvalue weighted by molar-refractivity contribution is 5.56. The van der Waals surface area contributed by atoms with Crippen LogP contribution in [0, 0.1) is 20.8 Å². The number of aromatic hydroxyl groups is 2. The molecule has 0 fully saturated rings. The number of allylic oxidation sites excluding steroid dienone is 6. The van der Waals surface area contributed by atoms with E-state index >= 15 is 0 Å². The molecule has 3 heteroatoms. The number of hydrogen-bond donors (Lipinski definition) is 3. The first-order valence-corrected chi connectivity index (χ1v) is 12.0. The normalized spacial score (nSPS) is 14.4.